The van der Waals surface area contributed by atoms with Crippen LogP contribution in [-0.2, 0) is 11.3 Å². The third-order valence-electron chi connectivity index (χ3n) is 4.71. The fourth-order valence-electron chi connectivity index (χ4n) is 2.97. The minimum atomic E-state index is -1.01. The molecule has 0 spiro atoms. The standard InChI is InChI=1S/C18H17Cl2NO3S/c1-17(11-18(17,19)20)16(22)21(10-13-3-2-8-25-13)12-4-5-14-15(9-12)24-7-6-23-14/h2-5,8-9H,6-7,10-11H2,1H3/t17-/m0/s1. The average Bonchev–Trinajstić information content (AvgIpc) is 2.94. The first-order chi connectivity index (χ1) is 11.9. The van der Waals surface area contributed by atoms with Crippen molar-refractivity contribution in [1.29, 1.82) is 0 Å². The van der Waals surface area contributed by atoms with Gasteiger partial charge in [0.2, 0.25) is 5.91 Å². The normalized spacial score (nSPS) is 23.2. The highest BCUT2D eigenvalue weighted by molar-refractivity contribution is 7.09. The Morgan fingerprint density at radius 2 is 1.96 bits per heavy atom. The molecule has 1 aromatic heterocycles. The number of anilines is 1. The molecular weight excluding hydrogens is 381 g/mol. The van der Waals surface area contributed by atoms with Crippen LogP contribution in [0.25, 0.3) is 0 Å². The average molecular weight is 398 g/mol. The molecule has 1 atom stereocenters. The summed E-state index contributed by atoms with van der Waals surface area (Å²) in [6, 6.07) is 9.53. The Kier molecular flexibility index (Phi) is 4.13. The zero-order chi connectivity index (χ0) is 17.7. The lowest BCUT2D eigenvalue weighted by atomic mass is 10.1. The summed E-state index contributed by atoms with van der Waals surface area (Å²) in [5.74, 6) is 1.26. The molecule has 1 amide bonds. The number of thiophene rings is 1. The predicted molar refractivity (Wildman–Crippen MR) is 100 cm³/mol. The van der Waals surface area contributed by atoms with Gasteiger partial charge in [0.1, 0.15) is 17.5 Å². The van der Waals surface area contributed by atoms with Crippen molar-refractivity contribution in [3.05, 3.63) is 40.6 Å². The summed E-state index contributed by atoms with van der Waals surface area (Å²) >= 11 is 14.1. The summed E-state index contributed by atoms with van der Waals surface area (Å²) in [4.78, 5) is 16.0. The fraction of sp³-hybridized carbons (Fsp3) is 0.389. The number of carbonyl (C=O) groups excluding carboxylic acids is 1. The molecule has 0 saturated heterocycles. The molecule has 2 aromatic rings. The Hall–Kier alpha value is -1.43. The second-order valence-electron chi connectivity index (χ2n) is 6.51. The number of ether oxygens (including phenoxy) is 2. The van der Waals surface area contributed by atoms with Crippen molar-refractivity contribution in [3.8, 4) is 11.5 Å². The summed E-state index contributed by atoms with van der Waals surface area (Å²) in [5.41, 5.74) is -0.0272. The van der Waals surface area contributed by atoms with Gasteiger partial charge in [0, 0.05) is 16.6 Å². The molecule has 1 aliphatic heterocycles. The zero-order valence-corrected chi connectivity index (χ0v) is 16.0. The number of rotatable bonds is 4. The van der Waals surface area contributed by atoms with Crippen LogP contribution >= 0.6 is 34.5 Å². The minimum Gasteiger partial charge on any atom is -0.486 e. The van der Waals surface area contributed by atoms with Crippen molar-refractivity contribution in [2.45, 2.75) is 24.2 Å². The van der Waals surface area contributed by atoms with E-state index in [2.05, 4.69) is 0 Å². The first kappa shape index (κ1) is 17.0. The van der Waals surface area contributed by atoms with E-state index in [9.17, 15) is 4.79 Å². The topological polar surface area (TPSA) is 38.8 Å². The summed E-state index contributed by atoms with van der Waals surface area (Å²) < 4.78 is 10.2. The molecule has 1 aliphatic carbocycles. The van der Waals surface area contributed by atoms with Gasteiger partial charge in [0.25, 0.3) is 0 Å². The Labute approximate surface area is 160 Å². The molecule has 2 heterocycles. The van der Waals surface area contributed by atoms with Crippen LogP contribution < -0.4 is 14.4 Å². The highest BCUT2D eigenvalue weighted by Crippen LogP contribution is 2.64. The Morgan fingerprint density at radius 3 is 2.60 bits per heavy atom. The van der Waals surface area contributed by atoms with E-state index in [1.165, 1.54) is 0 Å². The van der Waals surface area contributed by atoms with E-state index in [0.717, 1.165) is 10.6 Å². The molecule has 25 heavy (non-hydrogen) atoms. The maximum absolute atomic E-state index is 13.2. The second-order valence-corrected chi connectivity index (χ2v) is 9.03. The van der Waals surface area contributed by atoms with E-state index >= 15 is 0 Å². The molecule has 0 unspecified atom stereocenters. The molecule has 4 nitrogen and oxygen atoms in total. The van der Waals surface area contributed by atoms with E-state index in [1.807, 2.05) is 42.6 Å². The molecule has 4 rings (SSSR count). The largest absolute Gasteiger partial charge is 0.486 e. The van der Waals surface area contributed by atoms with Crippen molar-refractivity contribution in [1.82, 2.24) is 0 Å². The molecule has 2 aliphatic rings. The maximum Gasteiger partial charge on any atom is 0.236 e. The zero-order valence-electron chi connectivity index (χ0n) is 13.6. The first-order valence-corrected chi connectivity index (χ1v) is 9.66. The van der Waals surface area contributed by atoms with Gasteiger partial charge < -0.3 is 14.4 Å². The Bertz CT molecular complexity index is 809. The third kappa shape index (κ3) is 2.98. The molecule has 1 fully saturated rings. The molecule has 132 valence electrons. The number of fused-ring (bicyclic) bond motifs is 1. The van der Waals surface area contributed by atoms with Crippen LogP contribution in [0.5, 0.6) is 11.5 Å². The molecule has 1 aromatic carbocycles. The Morgan fingerprint density at radius 1 is 1.24 bits per heavy atom. The molecule has 0 radical (unpaired) electrons. The maximum atomic E-state index is 13.2. The van der Waals surface area contributed by atoms with Crippen LogP contribution in [0.3, 0.4) is 0 Å². The number of hydrogen-bond donors (Lipinski definition) is 0. The number of benzene rings is 1. The van der Waals surface area contributed by atoms with Crippen LogP contribution in [0.4, 0.5) is 5.69 Å². The molecule has 0 bridgehead atoms. The van der Waals surface area contributed by atoms with Crippen molar-refractivity contribution >= 4 is 46.1 Å². The summed E-state index contributed by atoms with van der Waals surface area (Å²) in [5, 5.41) is 1.99. The van der Waals surface area contributed by atoms with Gasteiger partial charge in [-0.25, -0.2) is 0 Å². The summed E-state index contributed by atoms with van der Waals surface area (Å²) in [7, 11) is 0. The van der Waals surface area contributed by atoms with Crippen LogP contribution in [0.15, 0.2) is 35.7 Å². The number of amides is 1. The van der Waals surface area contributed by atoms with E-state index in [1.54, 1.807) is 16.2 Å². The van der Waals surface area contributed by atoms with Crippen LogP contribution in [0.2, 0.25) is 0 Å². The van der Waals surface area contributed by atoms with Crippen molar-refractivity contribution in [2.75, 3.05) is 18.1 Å². The molecular formula is C18H17Cl2NO3S. The van der Waals surface area contributed by atoms with Crippen LogP contribution in [0.1, 0.15) is 18.2 Å². The van der Waals surface area contributed by atoms with Crippen LogP contribution in [0, 0.1) is 5.41 Å². The van der Waals surface area contributed by atoms with Crippen molar-refractivity contribution in [2.24, 2.45) is 5.41 Å². The predicted octanol–water partition coefficient (Wildman–Crippen LogP) is 4.64. The number of halogens is 2. The van der Waals surface area contributed by atoms with E-state index in [0.29, 0.717) is 37.7 Å². The quantitative estimate of drug-likeness (QED) is 0.705. The van der Waals surface area contributed by atoms with Gasteiger partial charge in [0.15, 0.2) is 11.5 Å². The monoisotopic (exact) mass is 397 g/mol. The van der Waals surface area contributed by atoms with E-state index in [-0.39, 0.29) is 5.91 Å². The van der Waals surface area contributed by atoms with Crippen LogP contribution in [-0.4, -0.2) is 23.5 Å². The highest BCUT2D eigenvalue weighted by atomic mass is 35.5. The second kappa shape index (κ2) is 6.08. The van der Waals surface area contributed by atoms with E-state index < -0.39 is 9.75 Å². The lowest BCUT2D eigenvalue weighted by Crippen LogP contribution is -2.37. The lowest BCUT2D eigenvalue weighted by molar-refractivity contribution is -0.123. The number of nitrogens with zero attached hydrogens (tertiary/aromatic N) is 1. The SMILES string of the molecule is C[C@@]1(C(=O)N(Cc2cccs2)c2ccc3c(c2)OCCO3)CC1(Cl)Cl. The number of hydrogen-bond acceptors (Lipinski definition) is 4. The molecule has 7 heteroatoms. The summed E-state index contributed by atoms with van der Waals surface area (Å²) in [6.07, 6.45) is 0.452. The van der Waals surface area contributed by atoms with Gasteiger partial charge in [-0.15, -0.1) is 34.5 Å². The van der Waals surface area contributed by atoms with Crippen molar-refractivity contribution in [3.63, 3.8) is 0 Å². The van der Waals surface area contributed by atoms with Gasteiger partial charge >= 0.3 is 0 Å². The highest BCUT2D eigenvalue weighted by Gasteiger charge is 2.68. The smallest absolute Gasteiger partial charge is 0.236 e. The van der Waals surface area contributed by atoms with E-state index in [4.69, 9.17) is 32.7 Å². The summed E-state index contributed by atoms with van der Waals surface area (Å²) in [6.45, 7) is 3.31. The first-order valence-electron chi connectivity index (χ1n) is 8.02. The van der Waals surface area contributed by atoms with Gasteiger partial charge in [-0.2, -0.15) is 0 Å². The lowest BCUT2D eigenvalue weighted by Gasteiger charge is -2.28. The van der Waals surface area contributed by atoms with Gasteiger partial charge in [-0.3, -0.25) is 4.79 Å². The third-order valence-corrected chi connectivity index (χ3v) is 6.67. The van der Waals surface area contributed by atoms with Gasteiger partial charge in [-0.1, -0.05) is 6.07 Å². The number of carbonyl (C=O) groups is 1. The fourth-order valence-corrected chi connectivity index (χ4v) is 4.36. The minimum absolute atomic E-state index is 0.0809. The molecule has 1 saturated carbocycles. The van der Waals surface area contributed by atoms with Gasteiger partial charge in [0.05, 0.1) is 12.0 Å². The van der Waals surface area contributed by atoms with Crippen molar-refractivity contribution < 1.29 is 14.3 Å². The number of alkyl halides is 2. The molecule has 0 N–H and O–H groups in total. The van der Waals surface area contributed by atoms with Gasteiger partial charge in [-0.05, 0) is 36.9 Å². The Balaban J connectivity index is 1.69.